The van der Waals surface area contributed by atoms with Crippen LogP contribution < -0.4 is 15.8 Å². The number of benzene rings is 2. The molecule has 2 aromatic rings. The highest BCUT2D eigenvalue weighted by Gasteiger charge is 2.24. The molecule has 0 saturated carbocycles. The molecule has 0 heterocycles. The molecule has 0 aliphatic carbocycles. The molecule has 26 heavy (non-hydrogen) atoms. The van der Waals surface area contributed by atoms with Crippen LogP contribution in [0.4, 0.5) is 5.69 Å². The van der Waals surface area contributed by atoms with Crippen LogP contribution in [-0.2, 0) is 16.6 Å². The van der Waals surface area contributed by atoms with E-state index in [9.17, 15) is 13.2 Å². The Morgan fingerprint density at radius 1 is 1.08 bits per heavy atom. The monoisotopic (exact) mass is 375 g/mol. The summed E-state index contributed by atoms with van der Waals surface area (Å²) >= 11 is 0. The molecule has 7 heteroatoms. The van der Waals surface area contributed by atoms with Crippen LogP contribution in [0.2, 0.25) is 0 Å². The largest absolute Gasteiger partial charge is 0.326 e. The van der Waals surface area contributed by atoms with Crippen molar-refractivity contribution in [3.05, 3.63) is 59.2 Å². The molecule has 2 aromatic carbocycles. The molecule has 0 spiro atoms. The molecule has 0 atom stereocenters. The summed E-state index contributed by atoms with van der Waals surface area (Å²) in [5.41, 5.74) is 7.37. The van der Waals surface area contributed by atoms with Gasteiger partial charge in [0.05, 0.1) is 4.90 Å². The van der Waals surface area contributed by atoms with Crippen molar-refractivity contribution in [3.8, 4) is 0 Å². The first-order chi connectivity index (χ1) is 12.0. The summed E-state index contributed by atoms with van der Waals surface area (Å²) < 4.78 is 27.8. The molecule has 2 rings (SSSR count). The van der Waals surface area contributed by atoms with E-state index in [0.717, 1.165) is 5.56 Å². The number of hydrogen-bond acceptors (Lipinski definition) is 4. The highest BCUT2D eigenvalue weighted by molar-refractivity contribution is 7.89. The van der Waals surface area contributed by atoms with Gasteiger partial charge in [0, 0.05) is 23.3 Å². The lowest BCUT2D eigenvalue weighted by atomic mass is 10.1. The molecule has 0 unspecified atom stereocenters. The predicted octanol–water partition coefficient (Wildman–Crippen LogP) is 2.78. The topological polar surface area (TPSA) is 101 Å². The normalized spacial score (nSPS) is 12.0. The molecule has 0 bridgehead atoms. The van der Waals surface area contributed by atoms with Gasteiger partial charge in [-0.3, -0.25) is 4.79 Å². The van der Waals surface area contributed by atoms with Gasteiger partial charge >= 0.3 is 0 Å². The minimum atomic E-state index is -3.70. The average molecular weight is 375 g/mol. The molecule has 4 N–H and O–H groups in total. The number of carbonyl (C=O) groups excluding carboxylic acids is 1. The summed E-state index contributed by atoms with van der Waals surface area (Å²) in [6, 6.07) is 11.8. The van der Waals surface area contributed by atoms with Gasteiger partial charge in [-0.05, 0) is 63.1 Å². The van der Waals surface area contributed by atoms with E-state index in [1.165, 1.54) is 6.07 Å². The number of nitrogens with two attached hydrogens (primary N) is 1. The second-order valence-electron chi connectivity index (χ2n) is 7.19. The van der Waals surface area contributed by atoms with Crippen LogP contribution in [0.1, 0.15) is 42.3 Å². The predicted molar refractivity (Wildman–Crippen MR) is 104 cm³/mol. The van der Waals surface area contributed by atoms with Crippen LogP contribution >= 0.6 is 0 Å². The lowest BCUT2D eigenvalue weighted by molar-refractivity contribution is 0.102. The highest BCUT2D eigenvalue weighted by Crippen LogP contribution is 2.22. The Morgan fingerprint density at radius 2 is 1.69 bits per heavy atom. The van der Waals surface area contributed by atoms with Crippen molar-refractivity contribution in [3.63, 3.8) is 0 Å². The number of nitrogens with one attached hydrogen (secondary N) is 2. The van der Waals surface area contributed by atoms with Gasteiger partial charge < -0.3 is 11.1 Å². The lowest BCUT2D eigenvalue weighted by Crippen LogP contribution is -2.40. The number of hydrogen-bond donors (Lipinski definition) is 3. The maximum absolute atomic E-state index is 12.6. The Hall–Kier alpha value is -2.22. The van der Waals surface area contributed by atoms with Gasteiger partial charge in [-0.25, -0.2) is 13.1 Å². The summed E-state index contributed by atoms with van der Waals surface area (Å²) in [7, 11) is -3.70. The number of anilines is 1. The van der Waals surface area contributed by atoms with Crippen LogP contribution in [0, 0.1) is 6.92 Å². The van der Waals surface area contributed by atoms with Crippen molar-refractivity contribution in [1.29, 1.82) is 0 Å². The second-order valence-corrected chi connectivity index (χ2v) is 8.84. The van der Waals surface area contributed by atoms with E-state index in [1.807, 2.05) is 0 Å². The summed E-state index contributed by atoms with van der Waals surface area (Å²) in [5, 5.41) is 2.74. The molecular formula is C19H25N3O3S. The van der Waals surface area contributed by atoms with Gasteiger partial charge in [0.15, 0.2) is 0 Å². The number of amides is 1. The van der Waals surface area contributed by atoms with E-state index in [4.69, 9.17) is 5.73 Å². The van der Waals surface area contributed by atoms with Crippen LogP contribution in [-0.4, -0.2) is 19.9 Å². The Balaban J connectivity index is 2.27. The average Bonchev–Trinajstić information content (AvgIpc) is 2.54. The summed E-state index contributed by atoms with van der Waals surface area (Å²) in [6.45, 7) is 7.44. The van der Waals surface area contributed by atoms with Gasteiger partial charge in [-0.15, -0.1) is 0 Å². The van der Waals surface area contributed by atoms with E-state index in [-0.39, 0.29) is 10.8 Å². The minimum absolute atomic E-state index is 0.142. The van der Waals surface area contributed by atoms with Crippen molar-refractivity contribution in [2.24, 2.45) is 5.73 Å². The van der Waals surface area contributed by atoms with Crippen LogP contribution in [0.3, 0.4) is 0 Å². The zero-order chi connectivity index (χ0) is 19.5. The zero-order valence-corrected chi connectivity index (χ0v) is 16.3. The van der Waals surface area contributed by atoms with E-state index < -0.39 is 15.6 Å². The SMILES string of the molecule is Cc1ccc(NC(=O)c2ccc(CN)cc2)cc1S(=O)(=O)NC(C)(C)C. The van der Waals surface area contributed by atoms with Crippen LogP contribution in [0.15, 0.2) is 47.4 Å². The second kappa shape index (κ2) is 7.57. The third kappa shape index (κ3) is 5.14. The molecule has 0 radical (unpaired) electrons. The Morgan fingerprint density at radius 3 is 2.23 bits per heavy atom. The van der Waals surface area contributed by atoms with Crippen LogP contribution in [0.25, 0.3) is 0 Å². The first-order valence-electron chi connectivity index (χ1n) is 8.27. The van der Waals surface area contributed by atoms with Gasteiger partial charge in [0.2, 0.25) is 10.0 Å². The Bertz CT molecular complexity index is 899. The first kappa shape index (κ1) is 20.1. The molecule has 1 amide bonds. The summed E-state index contributed by atoms with van der Waals surface area (Å²) in [4.78, 5) is 12.5. The third-order valence-corrected chi connectivity index (χ3v) is 5.53. The van der Waals surface area contributed by atoms with Crippen molar-refractivity contribution < 1.29 is 13.2 Å². The molecule has 6 nitrogen and oxygen atoms in total. The van der Waals surface area contributed by atoms with Gasteiger partial charge in [0.1, 0.15) is 0 Å². The number of sulfonamides is 1. The smallest absolute Gasteiger partial charge is 0.255 e. The van der Waals surface area contributed by atoms with E-state index in [0.29, 0.717) is 23.4 Å². The van der Waals surface area contributed by atoms with Crippen molar-refractivity contribution >= 4 is 21.6 Å². The molecule has 0 aliphatic rings. The lowest BCUT2D eigenvalue weighted by Gasteiger charge is -2.21. The van der Waals surface area contributed by atoms with Crippen molar-refractivity contribution in [1.82, 2.24) is 4.72 Å². The summed E-state index contributed by atoms with van der Waals surface area (Å²) in [6.07, 6.45) is 0. The fourth-order valence-electron chi connectivity index (χ4n) is 2.42. The quantitative estimate of drug-likeness (QED) is 0.748. The van der Waals surface area contributed by atoms with Crippen LogP contribution in [0.5, 0.6) is 0 Å². The maximum atomic E-state index is 12.6. The number of aryl methyl sites for hydroxylation is 1. The molecular weight excluding hydrogens is 350 g/mol. The van der Waals surface area contributed by atoms with E-state index >= 15 is 0 Å². The number of rotatable bonds is 5. The fraction of sp³-hybridized carbons (Fsp3) is 0.316. The molecule has 0 saturated heterocycles. The first-order valence-corrected chi connectivity index (χ1v) is 9.75. The maximum Gasteiger partial charge on any atom is 0.255 e. The van der Waals surface area contributed by atoms with Crippen molar-refractivity contribution in [2.45, 2.75) is 44.7 Å². The summed E-state index contributed by atoms with van der Waals surface area (Å²) in [5.74, 6) is -0.315. The van der Waals surface area contributed by atoms with Gasteiger partial charge in [-0.1, -0.05) is 18.2 Å². The highest BCUT2D eigenvalue weighted by atomic mass is 32.2. The minimum Gasteiger partial charge on any atom is -0.326 e. The molecule has 0 aliphatic heterocycles. The zero-order valence-electron chi connectivity index (χ0n) is 15.5. The molecule has 0 aromatic heterocycles. The van der Waals surface area contributed by atoms with E-state index in [2.05, 4.69) is 10.0 Å². The fourth-order valence-corrected chi connectivity index (χ4v) is 4.11. The third-order valence-electron chi connectivity index (χ3n) is 3.63. The van der Waals surface area contributed by atoms with Gasteiger partial charge in [-0.2, -0.15) is 0 Å². The Kier molecular flexibility index (Phi) is 5.85. The molecule has 140 valence electrons. The Labute approximate surface area is 154 Å². The van der Waals surface area contributed by atoms with Crippen molar-refractivity contribution in [2.75, 3.05) is 5.32 Å². The number of carbonyl (C=O) groups is 1. The molecule has 0 fully saturated rings. The standard InChI is InChI=1S/C19H25N3O3S/c1-13-5-10-16(11-17(13)26(24,25)22-19(2,3)4)21-18(23)15-8-6-14(12-20)7-9-15/h5-11,22H,12,20H2,1-4H3,(H,21,23). The van der Waals surface area contributed by atoms with E-state index in [1.54, 1.807) is 64.1 Å². The van der Waals surface area contributed by atoms with Gasteiger partial charge in [0.25, 0.3) is 5.91 Å².